The van der Waals surface area contributed by atoms with Crippen LogP contribution in [0, 0.1) is 17.8 Å². The van der Waals surface area contributed by atoms with E-state index >= 15 is 0 Å². The number of carbonyl (C=O) groups excluding carboxylic acids is 1. The second-order valence-electron chi connectivity index (χ2n) is 6.82. The van der Waals surface area contributed by atoms with Crippen LogP contribution >= 0.6 is 0 Å². The highest BCUT2D eigenvalue weighted by Gasteiger charge is 2.34. The van der Waals surface area contributed by atoms with Crippen molar-refractivity contribution in [1.29, 1.82) is 0 Å². The second-order valence-corrected chi connectivity index (χ2v) is 6.82. The smallest absolute Gasteiger partial charge is 0.239 e. The molecule has 0 spiro atoms. The highest BCUT2D eigenvalue weighted by molar-refractivity contribution is 5.82. The third kappa shape index (κ3) is 3.75. The summed E-state index contributed by atoms with van der Waals surface area (Å²) in [6.07, 6.45) is 7.89. The Labute approximate surface area is 124 Å². The molecule has 1 amide bonds. The molecule has 20 heavy (non-hydrogen) atoms. The molecular weight excluding hydrogens is 248 g/mol. The SMILES string of the molecule is CCN(CC)C(=O)C1CC(C2CCC(C)CC2)CCN1. The first-order valence-electron chi connectivity index (χ1n) is 8.67. The molecule has 1 heterocycles. The van der Waals surface area contributed by atoms with Crippen molar-refractivity contribution >= 4 is 5.91 Å². The Hall–Kier alpha value is -0.570. The standard InChI is InChI=1S/C17H32N2O/c1-4-19(5-2)17(20)16-12-15(10-11-18-16)14-8-6-13(3)7-9-14/h13-16,18H,4-12H2,1-3H3. The number of likely N-dealkylation sites (N-methyl/N-ethyl adjacent to an activating group) is 1. The first kappa shape index (κ1) is 15.8. The molecule has 1 saturated heterocycles. The molecule has 2 rings (SSSR count). The lowest BCUT2D eigenvalue weighted by Crippen LogP contribution is -2.51. The van der Waals surface area contributed by atoms with E-state index in [4.69, 9.17) is 0 Å². The summed E-state index contributed by atoms with van der Waals surface area (Å²) >= 11 is 0. The van der Waals surface area contributed by atoms with Crippen molar-refractivity contribution in [1.82, 2.24) is 10.2 Å². The zero-order chi connectivity index (χ0) is 14.5. The normalized spacial score (nSPS) is 34.8. The maximum atomic E-state index is 12.5. The number of nitrogens with one attached hydrogen (secondary N) is 1. The van der Waals surface area contributed by atoms with Crippen LogP contribution < -0.4 is 5.32 Å². The fourth-order valence-electron chi connectivity index (χ4n) is 4.08. The molecule has 0 aromatic heterocycles. The molecule has 116 valence electrons. The van der Waals surface area contributed by atoms with E-state index in [1.807, 2.05) is 4.90 Å². The summed E-state index contributed by atoms with van der Waals surface area (Å²) < 4.78 is 0. The van der Waals surface area contributed by atoms with Crippen molar-refractivity contribution in [2.45, 2.75) is 65.3 Å². The van der Waals surface area contributed by atoms with Gasteiger partial charge in [-0.05, 0) is 63.8 Å². The highest BCUT2D eigenvalue weighted by atomic mass is 16.2. The molecule has 3 nitrogen and oxygen atoms in total. The molecule has 0 bridgehead atoms. The van der Waals surface area contributed by atoms with Crippen LogP contribution in [0.4, 0.5) is 0 Å². The minimum Gasteiger partial charge on any atom is -0.342 e. The lowest BCUT2D eigenvalue weighted by atomic mass is 9.72. The van der Waals surface area contributed by atoms with Gasteiger partial charge in [0.05, 0.1) is 6.04 Å². The van der Waals surface area contributed by atoms with Gasteiger partial charge >= 0.3 is 0 Å². The molecule has 1 aliphatic carbocycles. The van der Waals surface area contributed by atoms with E-state index in [1.54, 1.807) is 0 Å². The van der Waals surface area contributed by atoms with Crippen LogP contribution in [0.2, 0.25) is 0 Å². The minimum absolute atomic E-state index is 0.0769. The molecule has 1 saturated carbocycles. The van der Waals surface area contributed by atoms with E-state index < -0.39 is 0 Å². The maximum absolute atomic E-state index is 12.5. The Balaban J connectivity index is 1.89. The Bertz CT molecular complexity index is 306. The number of nitrogens with zero attached hydrogens (tertiary/aromatic N) is 1. The molecule has 0 aromatic carbocycles. The van der Waals surface area contributed by atoms with Gasteiger partial charge in [-0.1, -0.05) is 19.8 Å². The number of hydrogen-bond acceptors (Lipinski definition) is 2. The van der Waals surface area contributed by atoms with Crippen LogP contribution in [-0.2, 0) is 4.79 Å². The molecule has 1 aliphatic heterocycles. The minimum atomic E-state index is 0.0769. The maximum Gasteiger partial charge on any atom is 0.239 e. The third-order valence-corrected chi connectivity index (χ3v) is 5.54. The zero-order valence-electron chi connectivity index (χ0n) is 13.5. The Morgan fingerprint density at radius 2 is 1.70 bits per heavy atom. The van der Waals surface area contributed by atoms with Crippen LogP contribution in [0.1, 0.15) is 59.3 Å². The van der Waals surface area contributed by atoms with Gasteiger partial charge in [-0.3, -0.25) is 4.79 Å². The average molecular weight is 280 g/mol. The fourth-order valence-corrected chi connectivity index (χ4v) is 4.08. The zero-order valence-corrected chi connectivity index (χ0v) is 13.5. The summed E-state index contributed by atoms with van der Waals surface area (Å²) in [6.45, 7) is 9.21. The quantitative estimate of drug-likeness (QED) is 0.858. The summed E-state index contributed by atoms with van der Waals surface area (Å²) in [5.74, 6) is 2.89. The Kier molecular flexibility index (Phi) is 5.88. The molecule has 2 unspecified atom stereocenters. The van der Waals surface area contributed by atoms with Gasteiger partial charge in [0.25, 0.3) is 0 Å². The van der Waals surface area contributed by atoms with Gasteiger partial charge in [0.1, 0.15) is 0 Å². The second kappa shape index (κ2) is 7.44. The molecule has 2 fully saturated rings. The third-order valence-electron chi connectivity index (χ3n) is 5.54. The van der Waals surface area contributed by atoms with Crippen molar-refractivity contribution in [3.05, 3.63) is 0 Å². The van der Waals surface area contributed by atoms with Crippen LogP contribution in [0.25, 0.3) is 0 Å². The number of rotatable bonds is 4. The molecule has 2 aliphatic rings. The summed E-state index contributed by atoms with van der Waals surface area (Å²) in [4.78, 5) is 14.5. The van der Waals surface area contributed by atoms with Gasteiger partial charge < -0.3 is 10.2 Å². The summed E-state index contributed by atoms with van der Waals surface area (Å²) in [5, 5.41) is 3.45. The Morgan fingerprint density at radius 1 is 1.05 bits per heavy atom. The molecule has 0 radical (unpaired) electrons. The monoisotopic (exact) mass is 280 g/mol. The first-order valence-corrected chi connectivity index (χ1v) is 8.67. The van der Waals surface area contributed by atoms with Crippen molar-refractivity contribution in [3.8, 4) is 0 Å². The van der Waals surface area contributed by atoms with E-state index in [2.05, 4.69) is 26.1 Å². The van der Waals surface area contributed by atoms with Gasteiger partial charge in [0.2, 0.25) is 5.91 Å². The number of hydrogen-bond donors (Lipinski definition) is 1. The molecular formula is C17H32N2O. The van der Waals surface area contributed by atoms with Crippen LogP contribution in [-0.4, -0.2) is 36.5 Å². The average Bonchev–Trinajstić information content (AvgIpc) is 2.49. The van der Waals surface area contributed by atoms with Gasteiger partial charge in [-0.25, -0.2) is 0 Å². The Morgan fingerprint density at radius 3 is 2.30 bits per heavy atom. The highest BCUT2D eigenvalue weighted by Crippen LogP contribution is 2.37. The molecule has 3 heteroatoms. The van der Waals surface area contributed by atoms with Crippen LogP contribution in [0.15, 0.2) is 0 Å². The van der Waals surface area contributed by atoms with Crippen LogP contribution in [0.3, 0.4) is 0 Å². The predicted octanol–water partition coefficient (Wildman–Crippen LogP) is 3.05. The van der Waals surface area contributed by atoms with Crippen molar-refractivity contribution in [2.75, 3.05) is 19.6 Å². The van der Waals surface area contributed by atoms with Crippen molar-refractivity contribution in [2.24, 2.45) is 17.8 Å². The van der Waals surface area contributed by atoms with Crippen LogP contribution in [0.5, 0.6) is 0 Å². The van der Waals surface area contributed by atoms with Gasteiger partial charge in [0, 0.05) is 13.1 Å². The van der Waals surface area contributed by atoms with Gasteiger partial charge in [-0.15, -0.1) is 0 Å². The predicted molar refractivity (Wildman–Crippen MR) is 83.6 cm³/mol. The largest absolute Gasteiger partial charge is 0.342 e. The van der Waals surface area contributed by atoms with E-state index in [9.17, 15) is 4.79 Å². The molecule has 1 N–H and O–H groups in total. The number of carbonyl (C=O) groups is 1. The molecule has 2 atom stereocenters. The summed E-state index contributed by atoms with van der Waals surface area (Å²) in [6, 6.07) is 0.0769. The summed E-state index contributed by atoms with van der Waals surface area (Å²) in [5.41, 5.74) is 0. The number of amides is 1. The number of piperidine rings is 1. The van der Waals surface area contributed by atoms with E-state index in [1.165, 1.54) is 32.1 Å². The van der Waals surface area contributed by atoms with E-state index in [0.717, 1.165) is 43.8 Å². The van der Waals surface area contributed by atoms with E-state index in [-0.39, 0.29) is 6.04 Å². The first-order chi connectivity index (χ1) is 9.65. The molecule has 0 aromatic rings. The van der Waals surface area contributed by atoms with Crippen molar-refractivity contribution in [3.63, 3.8) is 0 Å². The van der Waals surface area contributed by atoms with Gasteiger partial charge in [-0.2, -0.15) is 0 Å². The lowest BCUT2D eigenvalue weighted by Gasteiger charge is -2.39. The van der Waals surface area contributed by atoms with Gasteiger partial charge in [0.15, 0.2) is 0 Å². The fraction of sp³-hybridized carbons (Fsp3) is 0.941. The lowest BCUT2D eigenvalue weighted by molar-refractivity contribution is -0.134. The topological polar surface area (TPSA) is 32.3 Å². The van der Waals surface area contributed by atoms with E-state index in [0.29, 0.717) is 5.91 Å². The summed E-state index contributed by atoms with van der Waals surface area (Å²) in [7, 11) is 0. The van der Waals surface area contributed by atoms with Crippen molar-refractivity contribution < 1.29 is 4.79 Å².